The maximum Gasteiger partial charge on any atom is 0.0878 e. The van der Waals surface area contributed by atoms with Crippen LogP contribution in [0.25, 0.3) is 0 Å². The van der Waals surface area contributed by atoms with Crippen LogP contribution in [-0.4, -0.2) is 37.6 Å². The van der Waals surface area contributed by atoms with Gasteiger partial charge in [-0.2, -0.15) is 0 Å². The molecule has 3 nitrogen and oxygen atoms in total. The largest absolute Gasteiger partial charge is 0.390 e. The third kappa shape index (κ3) is 4.04. The number of rotatable bonds is 4. The van der Waals surface area contributed by atoms with Crippen LogP contribution < -0.4 is 0 Å². The minimum absolute atomic E-state index is 0.0146. The molecule has 1 rings (SSSR count). The van der Waals surface area contributed by atoms with Crippen molar-refractivity contribution in [3.05, 3.63) is 0 Å². The maximum absolute atomic E-state index is 10.2. The normalized spacial score (nSPS) is 23.1. The lowest BCUT2D eigenvalue weighted by Crippen LogP contribution is -2.40. The zero-order valence-corrected chi connectivity index (χ0v) is 11.0. The first-order valence-electron chi connectivity index (χ1n) is 6.23. The highest BCUT2D eigenvalue weighted by Gasteiger charge is 2.32. The van der Waals surface area contributed by atoms with Gasteiger partial charge >= 0.3 is 0 Å². The van der Waals surface area contributed by atoms with Gasteiger partial charge in [-0.25, -0.2) is 0 Å². The summed E-state index contributed by atoms with van der Waals surface area (Å²) in [6.07, 6.45) is 2.51. The van der Waals surface area contributed by atoms with Gasteiger partial charge in [0, 0.05) is 20.3 Å². The second-order valence-electron chi connectivity index (χ2n) is 5.88. The summed E-state index contributed by atoms with van der Waals surface area (Å²) in [5.74, 6) is 0.587. The van der Waals surface area contributed by atoms with E-state index in [-0.39, 0.29) is 17.6 Å². The van der Waals surface area contributed by atoms with Gasteiger partial charge in [0.2, 0.25) is 0 Å². The fourth-order valence-electron chi connectivity index (χ4n) is 2.54. The minimum atomic E-state index is -0.368. The molecule has 1 N–H and O–H groups in total. The lowest BCUT2D eigenvalue weighted by molar-refractivity contribution is -0.0830. The van der Waals surface area contributed by atoms with Crippen molar-refractivity contribution in [3.63, 3.8) is 0 Å². The van der Waals surface area contributed by atoms with E-state index in [0.717, 1.165) is 32.5 Å². The second kappa shape index (κ2) is 5.99. The predicted molar refractivity (Wildman–Crippen MR) is 64.4 cm³/mol. The number of ether oxygens (including phenoxy) is 2. The van der Waals surface area contributed by atoms with E-state index in [0.29, 0.717) is 5.92 Å². The molecule has 1 aliphatic heterocycles. The fraction of sp³-hybridized carbons (Fsp3) is 1.00. The van der Waals surface area contributed by atoms with E-state index in [1.54, 1.807) is 7.11 Å². The van der Waals surface area contributed by atoms with Crippen molar-refractivity contribution in [3.8, 4) is 0 Å². The monoisotopic (exact) mass is 230 g/mol. The molecule has 0 saturated carbocycles. The third-order valence-corrected chi connectivity index (χ3v) is 3.37. The molecule has 96 valence electrons. The van der Waals surface area contributed by atoms with Gasteiger partial charge in [-0.1, -0.05) is 20.8 Å². The van der Waals surface area contributed by atoms with E-state index in [1.807, 2.05) is 0 Å². The smallest absolute Gasteiger partial charge is 0.0878 e. The molecule has 1 heterocycles. The van der Waals surface area contributed by atoms with E-state index in [4.69, 9.17) is 9.47 Å². The third-order valence-electron chi connectivity index (χ3n) is 3.37. The molecule has 1 aliphatic rings. The Morgan fingerprint density at radius 2 is 1.88 bits per heavy atom. The number of hydrogen-bond donors (Lipinski definition) is 1. The van der Waals surface area contributed by atoms with Crippen LogP contribution in [0.3, 0.4) is 0 Å². The SMILES string of the molecule is COC(C(O)CC1CCOCC1)C(C)(C)C. The van der Waals surface area contributed by atoms with Crippen molar-refractivity contribution >= 4 is 0 Å². The molecule has 2 unspecified atom stereocenters. The topological polar surface area (TPSA) is 38.7 Å². The van der Waals surface area contributed by atoms with Gasteiger partial charge in [0.05, 0.1) is 12.2 Å². The molecule has 0 aromatic rings. The van der Waals surface area contributed by atoms with Gasteiger partial charge < -0.3 is 14.6 Å². The van der Waals surface area contributed by atoms with Crippen LogP contribution >= 0.6 is 0 Å². The zero-order chi connectivity index (χ0) is 12.2. The molecule has 0 aromatic heterocycles. The number of methoxy groups -OCH3 is 1. The number of hydrogen-bond acceptors (Lipinski definition) is 3. The lowest BCUT2D eigenvalue weighted by atomic mass is 9.81. The summed E-state index contributed by atoms with van der Waals surface area (Å²) in [6.45, 7) is 7.99. The molecule has 1 saturated heterocycles. The second-order valence-corrected chi connectivity index (χ2v) is 5.88. The lowest BCUT2D eigenvalue weighted by Gasteiger charge is -2.35. The molecule has 0 radical (unpaired) electrons. The van der Waals surface area contributed by atoms with E-state index < -0.39 is 0 Å². The fourth-order valence-corrected chi connectivity index (χ4v) is 2.54. The Balaban J connectivity index is 2.45. The van der Waals surface area contributed by atoms with Gasteiger partial charge in [0.1, 0.15) is 0 Å². The molecule has 3 heteroatoms. The zero-order valence-electron chi connectivity index (χ0n) is 11.0. The Morgan fingerprint density at radius 3 is 2.31 bits per heavy atom. The molecule has 0 aromatic carbocycles. The molecule has 16 heavy (non-hydrogen) atoms. The van der Waals surface area contributed by atoms with Crippen LogP contribution in [0.2, 0.25) is 0 Å². The van der Waals surface area contributed by atoms with Crippen molar-refractivity contribution in [1.29, 1.82) is 0 Å². The Hall–Kier alpha value is -0.120. The molecular formula is C13H26O3. The van der Waals surface area contributed by atoms with Gasteiger partial charge in [-0.15, -0.1) is 0 Å². The van der Waals surface area contributed by atoms with Crippen molar-refractivity contribution in [2.24, 2.45) is 11.3 Å². The van der Waals surface area contributed by atoms with E-state index in [9.17, 15) is 5.11 Å². The quantitative estimate of drug-likeness (QED) is 0.805. The van der Waals surface area contributed by atoms with Crippen LogP contribution in [0.1, 0.15) is 40.0 Å². The molecule has 0 amide bonds. The van der Waals surface area contributed by atoms with Crippen molar-refractivity contribution < 1.29 is 14.6 Å². The van der Waals surface area contributed by atoms with Crippen LogP contribution in [-0.2, 0) is 9.47 Å². The van der Waals surface area contributed by atoms with Crippen molar-refractivity contribution in [2.45, 2.75) is 52.2 Å². The molecule has 0 bridgehead atoms. The average molecular weight is 230 g/mol. The highest BCUT2D eigenvalue weighted by Crippen LogP contribution is 2.29. The van der Waals surface area contributed by atoms with Gasteiger partial charge in [-0.3, -0.25) is 0 Å². The van der Waals surface area contributed by atoms with Crippen molar-refractivity contribution in [1.82, 2.24) is 0 Å². The van der Waals surface area contributed by atoms with E-state index in [2.05, 4.69) is 20.8 Å². The first-order chi connectivity index (χ1) is 7.45. The molecular weight excluding hydrogens is 204 g/mol. The first kappa shape index (κ1) is 13.9. The van der Waals surface area contributed by atoms with Crippen LogP contribution in [0.5, 0.6) is 0 Å². The summed E-state index contributed by atoms with van der Waals surface area (Å²) in [4.78, 5) is 0. The molecule has 1 fully saturated rings. The van der Waals surface area contributed by atoms with Gasteiger partial charge in [-0.05, 0) is 30.6 Å². The van der Waals surface area contributed by atoms with Crippen LogP contribution in [0, 0.1) is 11.3 Å². The Labute approximate surface area is 99.1 Å². The summed E-state index contributed by atoms with van der Waals surface area (Å²) >= 11 is 0. The van der Waals surface area contributed by atoms with Crippen molar-refractivity contribution in [2.75, 3.05) is 20.3 Å². The summed E-state index contributed by atoms with van der Waals surface area (Å²) in [7, 11) is 1.68. The predicted octanol–water partition coefficient (Wildman–Crippen LogP) is 2.23. The molecule has 0 spiro atoms. The van der Waals surface area contributed by atoms with E-state index in [1.165, 1.54) is 0 Å². The Bertz CT molecular complexity index is 192. The highest BCUT2D eigenvalue weighted by atomic mass is 16.5. The standard InChI is InChI=1S/C13H26O3/c1-13(2,3)12(15-4)11(14)9-10-5-7-16-8-6-10/h10-12,14H,5-9H2,1-4H3. The summed E-state index contributed by atoms with van der Waals surface area (Å²) in [5, 5.41) is 10.2. The highest BCUT2D eigenvalue weighted by molar-refractivity contribution is 4.83. The summed E-state index contributed by atoms with van der Waals surface area (Å²) in [5.41, 5.74) is -0.0146. The Morgan fingerprint density at radius 1 is 1.31 bits per heavy atom. The molecule has 2 atom stereocenters. The van der Waals surface area contributed by atoms with Gasteiger partial charge in [0.15, 0.2) is 0 Å². The molecule has 0 aliphatic carbocycles. The summed E-state index contributed by atoms with van der Waals surface area (Å²) in [6, 6.07) is 0. The Kier molecular flexibility index (Phi) is 5.22. The minimum Gasteiger partial charge on any atom is -0.390 e. The number of aliphatic hydroxyl groups is 1. The summed E-state index contributed by atoms with van der Waals surface area (Å²) < 4.78 is 10.8. The number of aliphatic hydroxyl groups excluding tert-OH is 1. The maximum atomic E-state index is 10.2. The van der Waals surface area contributed by atoms with Gasteiger partial charge in [0.25, 0.3) is 0 Å². The van der Waals surface area contributed by atoms with E-state index >= 15 is 0 Å². The van der Waals surface area contributed by atoms with Crippen LogP contribution in [0.4, 0.5) is 0 Å². The average Bonchev–Trinajstić information content (AvgIpc) is 2.17. The van der Waals surface area contributed by atoms with Crippen LogP contribution in [0.15, 0.2) is 0 Å². The first-order valence-corrected chi connectivity index (χ1v) is 6.23.